The number of nitrogens with zero attached hydrogens (tertiary/aromatic N) is 6. The summed E-state index contributed by atoms with van der Waals surface area (Å²) in [5.41, 5.74) is 0. The molecule has 0 aromatic heterocycles. The van der Waals surface area contributed by atoms with E-state index in [9.17, 15) is 4.79 Å². The molecule has 2 radical (unpaired) electrons. The predicted octanol–water partition coefficient (Wildman–Crippen LogP) is 4.39. The Morgan fingerprint density at radius 3 is 1.84 bits per heavy atom. The zero-order valence-electron chi connectivity index (χ0n) is 21.7. The van der Waals surface area contributed by atoms with Gasteiger partial charge in [-0.25, -0.2) is 4.79 Å². The molecule has 2 amide bonds. The van der Waals surface area contributed by atoms with Gasteiger partial charge in [-0.05, 0) is 47.2 Å². The average Bonchev–Trinajstić information content (AvgIpc) is 2.73. The first-order valence-corrected chi connectivity index (χ1v) is 11.1. The van der Waals surface area contributed by atoms with E-state index in [1.807, 2.05) is 32.8 Å². The van der Waals surface area contributed by atoms with Crippen molar-refractivity contribution in [2.75, 3.05) is 61.4 Å². The predicted molar refractivity (Wildman–Crippen MR) is 126 cm³/mol. The van der Waals surface area contributed by atoms with E-state index >= 15 is 0 Å². The van der Waals surface area contributed by atoms with Crippen LogP contribution < -0.4 is 0 Å². The van der Waals surface area contributed by atoms with Crippen LogP contribution in [-0.4, -0.2) is 106 Å². The summed E-state index contributed by atoms with van der Waals surface area (Å²) in [6.07, 6.45) is 4.63. The van der Waals surface area contributed by atoms with Gasteiger partial charge in [0.25, 0.3) is 0 Å². The fourth-order valence-corrected chi connectivity index (χ4v) is 3.28. The topological polar surface area (TPSA) is 69.1 Å². The van der Waals surface area contributed by atoms with Gasteiger partial charge < -0.3 is 30.7 Å². The molecule has 0 N–H and O–H groups in total. The van der Waals surface area contributed by atoms with Crippen molar-refractivity contribution in [3.8, 4) is 0 Å². The molecule has 2 heterocycles. The second kappa shape index (κ2) is 21.8. The van der Waals surface area contributed by atoms with E-state index in [1.165, 1.54) is 12.8 Å². The number of likely N-dealkylation sites (tertiary alicyclic amines) is 1. The zero-order chi connectivity index (χ0) is 22.4. The Kier molecular flexibility index (Phi) is 26.0. The summed E-state index contributed by atoms with van der Waals surface area (Å²) in [5, 5.41) is 12.2. The van der Waals surface area contributed by atoms with Gasteiger partial charge in [0.05, 0.1) is 0 Å². The van der Waals surface area contributed by atoms with Gasteiger partial charge in [-0.2, -0.15) is 21.1 Å². The maximum atomic E-state index is 12.0. The minimum absolute atomic E-state index is 0. The summed E-state index contributed by atoms with van der Waals surface area (Å²) in [7, 11) is 9.43. The van der Waals surface area contributed by atoms with Crippen molar-refractivity contribution >= 4 is 6.03 Å². The largest absolute Gasteiger partial charge is 0.668 e. The molecule has 1 unspecified atom stereocenters. The van der Waals surface area contributed by atoms with Gasteiger partial charge in [-0.3, -0.25) is 0 Å². The Hall–Kier alpha value is 1.32. The SMILES string of the molecule is CC(C)N(C)C1CCC[N-]C1.C[N-]C.C[N-]C1CCN(C(=O)N(C)C(C)C)CC1.[Y].[Y]. The summed E-state index contributed by atoms with van der Waals surface area (Å²) in [5.74, 6) is 0. The molecule has 31 heavy (non-hydrogen) atoms. The molecule has 2 aliphatic rings. The fraction of sp³-hybridized carbons (Fsp3) is 0.955. The van der Waals surface area contributed by atoms with Gasteiger partial charge in [0.2, 0.25) is 0 Å². The molecule has 180 valence electrons. The Morgan fingerprint density at radius 1 is 0.968 bits per heavy atom. The van der Waals surface area contributed by atoms with Crippen LogP contribution in [0.3, 0.4) is 0 Å². The average molecular weight is 589 g/mol. The molecule has 0 spiro atoms. The fourth-order valence-electron chi connectivity index (χ4n) is 3.28. The zero-order valence-corrected chi connectivity index (χ0v) is 27.4. The molecule has 2 rings (SSSR count). The first kappa shape index (κ1) is 36.9. The number of likely N-dealkylation sites (N-methyl/N-ethyl adjacent to an activating group) is 1. The van der Waals surface area contributed by atoms with Gasteiger partial charge in [0.15, 0.2) is 0 Å². The number of piperidine rings is 2. The minimum Gasteiger partial charge on any atom is -0.668 e. The molecule has 0 aliphatic carbocycles. The molecule has 1 atom stereocenters. The van der Waals surface area contributed by atoms with Crippen LogP contribution in [0.25, 0.3) is 16.0 Å². The molecule has 9 heteroatoms. The smallest absolute Gasteiger partial charge is 0.319 e. The third-order valence-electron chi connectivity index (χ3n) is 5.76. The van der Waals surface area contributed by atoms with Crippen LogP contribution in [0.1, 0.15) is 53.4 Å². The van der Waals surface area contributed by atoms with E-state index in [2.05, 4.69) is 41.7 Å². The summed E-state index contributed by atoms with van der Waals surface area (Å²) in [6, 6.07) is 2.25. The van der Waals surface area contributed by atoms with Gasteiger partial charge in [0.1, 0.15) is 0 Å². The van der Waals surface area contributed by atoms with E-state index in [0.29, 0.717) is 18.1 Å². The van der Waals surface area contributed by atoms with Crippen LogP contribution >= 0.6 is 0 Å². The first-order chi connectivity index (χ1) is 13.7. The summed E-state index contributed by atoms with van der Waals surface area (Å²) in [4.78, 5) is 18.1. The number of hydrogen-bond acceptors (Lipinski definition) is 2. The molecular weight excluding hydrogens is 542 g/mol. The van der Waals surface area contributed by atoms with Gasteiger partial charge in [-0.15, -0.1) is 19.1 Å². The number of carbonyl (C=O) groups is 1. The van der Waals surface area contributed by atoms with E-state index in [4.69, 9.17) is 0 Å². The van der Waals surface area contributed by atoms with Crippen LogP contribution in [0.2, 0.25) is 0 Å². The van der Waals surface area contributed by atoms with Crippen molar-refractivity contribution in [1.82, 2.24) is 14.7 Å². The van der Waals surface area contributed by atoms with Crippen LogP contribution in [0, 0.1) is 0 Å². The van der Waals surface area contributed by atoms with Crippen LogP contribution in [-0.2, 0) is 65.4 Å². The summed E-state index contributed by atoms with van der Waals surface area (Å²) in [6.45, 7) is 12.4. The van der Waals surface area contributed by atoms with Crippen molar-refractivity contribution in [1.29, 1.82) is 0 Å². The van der Waals surface area contributed by atoms with E-state index < -0.39 is 0 Å². The van der Waals surface area contributed by atoms with Crippen molar-refractivity contribution in [3.05, 3.63) is 16.0 Å². The molecule has 2 aliphatic heterocycles. The molecule has 0 aromatic carbocycles. The molecular formula is C22H47N6OY2-3. The van der Waals surface area contributed by atoms with E-state index in [1.54, 1.807) is 19.0 Å². The molecule has 2 saturated heterocycles. The van der Waals surface area contributed by atoms with Crippen LogP contribution in [0.4, 0.5) is 4.79 Å². The third-order valence-corrected chi connectivity index (χ3v) is 5.76. The Balaban J connectivity index is -0.000000436. The standard InChI is InChI=1S/C11H22N3O.C9H19N2.C2H6N.2Y/c1-9(2)13(4)11(15)14-7-5-10(12-3)6-8-14;1-8(2)11(3)9-5-4-6-10-7-9;1-3-2;;/h9-10H,5-8H2,1-4H3;8-9H,4-7H2,1-3H3;1-2H3;;/q3*-1;;. The van der Waals surface area contributed by atoms with Gasteiger partial charge in [-0.1, -0.05) is 19.3 Å². The Bertz CT molecular complexity index is 415. The Labute approximate surface area is 243 Å². The monoisotopic (exact) mass is 589 g/mol. The van der Waals surface area contributed by atoms with Crippen molar-refractivity contribution in [2.45, 2.75) is 77.5 Å². The van der Waals surface area contributed by atoms with Crippen molar-refractivity contribution in [3.63, 3.8) is 0 Å². The summed E-state index contributed by atoms with van der Waals surface area (Å²) >= 11 is 0. The molecule has 0 bridgehead atoms. The van der Waals surface area contributed by atoms with Gasteiger partial charge >= 0.3 is 6.03 Å². The van der Waals surface area contributed by atoms with E-state index in [0.717, 1.165) is 39.0 Å². The van der Waals surface area contributed by atoms with Crippen molar-refractivity contribution in [2.24, 2.45) is 0 Å². The van der Waals surface area contributed by atoms with Gasteiger partial charge in [0, 0.05) is 97.6 Å². The number of amides is 2. The molecule has 0 saturated carbocycles. The summed E-state index contributed by atoms with van der Waals surface area (Å²) < 4.78 is 0. The first-order valence-electron chi connectivity index (χ1n) is 11.1. The van der Waals surface area contributed by atoms with Crippen LogP contribution in [0.15, 0.2) is 0 Å². The quantitative estimate of drug-likeness (QED) is 0.489. The molecule has 2 fully saturated rings. The maximum absolute atomic E-state index is 12.0. The third kappa shape index (κ3) is 15.8. The normalized spacial score (nSPS) is 18.8. The number of hydrogen-bond donors (Lipinski definition) is 0. The number of carbonyl (C=O) groups excluding carboxylic acids is 1. The maximum Gasteiger partial charge on any atom is 0.319 e. The molecule has 7 nitrogen and oxygen atoms in total. The second-order valence-corrected chi connectivity index (χ2v) is 8.60. The molecule has 0 aromatic rings. The minimum atomic E-state index is 0. The van der Waals surface area contributed by atoms with Crippen molar-refractivity contribution < 1.29 is 70.2 Å². The number of urea groups is 1. The van der Waals surface area contributed by atoms with E-state index in [-0.39, 0.29) is 77.5 Å². The van der Waals surface area contributed by atoms with Crippen LogP contribution in [0.5, 0.6) is 0 Å². The second-order valence-electron chi connectivity index (χ2n) is 8.60. The number of rotatable bonds is 4. The Morgan fingerprint density at radius 2 is 1.48 bits per heavy atom.